The molecule has 1 amide bonds. The summed E-state index contributed by atoms with van der Waals surface area (Å²) in [5, 5.41) is 1.08. The fourth-order valence-electron chi connectivity index (χ4n) is 2.12. The molecule has 2 aromatic rings. The van der Waals surface area contributed by atoms with E-state index in [0.29, 0.717) is 0 Å². The second-order valence-electron chi connectivity index (χ2n) is 5.27. The van der Waals surface area contributed by atoms with Crippen LogP contribution in [0.3, 0.4) is 0 Å². The molecule has 2 heterocycles. The minimum absolute atomic E-state index is 0.0156. The average Bonchev–Trinajstić information content (AvgIpc) is 2.58. The number of halogens is 6. The highest BCUT2D eigenvalue weighted by Crippen LogP contribution is 2.38. The predicted octanol–water partition coefficient (Wildman–Crippen LogP) is 1.79. The molecule has 0 saturated carbocycles. The van der Waals surface area contributed by atoms with Gasteiger partial charge >= 0.3 is 18.0 Å². The van der Waals surface area contributed by atoms with Crippen molar-refractivity contribution in [2.75, 3.05) is 0 Å². The zero-order valence-corrected chi connectivity index (χ0v) is 13.0. The van der Waals surface area contributed by atoms with Crippen LogP contribution in [0, 0.1) is 0 Å². The van der Waals surface area contributed by atoms with Crippen LogP contribution in [0.2, 0.25) is 0 Å². The minimum Gasteiger partial charge on any atom is -0.305 e. The molecule has 0 radical (unpaired) electrons. The molecule has 0 bridgehead atoms. The Balaban J connectivity index is 2.38. The first-order valence-corrected chi connectivity index (χ1v) is 7.16. The van der Waals surface area contributed by atoms with Gasteiger partial charge in [0.15, 0.2) is 0 Å². The Labute approximate surface area is 143 Å². The van der Waals surface area contributed by atoms with E-state index in [1.54, 1.807) is 0 Å². The zero-order chi connectivity index (χ0) is 19.4. The standard InChI is InChI=1S/C15H12F6N4O/c16-14(17,18)13(15(19,20)21,24-8-10-3-1-5-22-7-10)25-12(26)11-4-2-6-23-9-11/h1-7,9,24H,8H2,(H,25,26)/p+1. The molecule has 0 aliphatic carbocycles. The molecule has 5 nitrogen and oxygen atoms in total. The molecule has 0 aromatic carbocycles. The van der Waals surface area contributed by atoms with Crippen molar-refractivity contribution in [1.82, 2.24) is 15.3 Å². The highest BCUT2D eigenvalue weighted by atomic mass is 19.4. The monoisotopic (exact) mass is 379 g/mol. The molecular weight excluding hydrogens is 366 g/mol. The van der Waals surface area contributed by atoms with Gasteiger partial charge in [0.1, 0.15) is 6.54 Å². The number of hydrogen-bond acceptors (Lipinski definition) is 3. The average molecular weight is 379 g/mol. The van der Waals surface area contributed by atoms with Gasteiger partial charge in [0.25, 0.3) is 5.91 Å². The quantitative estimate of drug-likeness (QED) is 0.615. The summed E-state index contributed by atoms with van der Waals surface area (Å²) >= 11 is 0. The van der Waals surface area contributed by atoms with Crippen LogP contribution in [0.4, 0.5) is 26.3 Å². The topological polar surface area (TPSA) is 71.5 Å². The van der Waals surface area contributed by atoms with Gasteiger partial charge in [0.05, 0.1) is 5.56 Å². The molecule has 0 aliphatic rings. The van der Waals surface area contributed by atoms with Gasteiger partial charge in [0, 0.05) is 30.4 Å². The molecule has 2 aromatic heterocycles. The number of carbonyl (C=O) groups is 1. The lowest BCUT2D eigenvalue weighted by molar-refractivity contribution is -0.796. The van der Waals surface area contributed by atoms with Crippen LogP contribution in [-0.2, 0) is 6.54 Å². The summed E-state index contributed by atoms with van der Waals surface area (Å²) < 4.78 is 80.7. The van der Waals surface area contributed by atoms with E-state index < -0.39 is 36.0 Å². The van der Waals surface area contributed by atoms with Crippen LogP contribution >= 0.6 is 0 Å². The minimum atomic E-state index is -5.81. The Morgan fingerprint density at radius 3 is 2.00 bits per heavy atom. The third kappa shape index (κ3) is 4.10. The number of hydrogen-bond donors (Lipinski definition) is 2. The highest BCUT2D eigenvalue weighted by Gasteiger charge is 2.76. The number of pyridine rings is 2. The Bertz CT molecular complexity index is 719. The summed E-state index contributed by atoms with van der Waals surface area (Å²) in [5.41, 5.74) is -4.83. The molecule has 140 valence electrons. The van der Waals surface area contributed by atoms with Crippen molar-refractivity contribution in [1.29, 1.82) is 0 Å². The van der Waals surface area contributed by atoms with Crippen molar-refractivity contribution >= 4 is 5.91 Å². The molecular formula is C15H13F6N4O+. The fourth-order valence-corrected chi connectivity index (χ4v) is 2.12. The fraction of sp³-hybridized carbons (Fsp3) is 0.267. The third-order valence-corrected chi connectivity index (χ3v) is 3.50. The normalized spacial score (nSPS) is 12.7. The zero-order valence-electron chi connectivity index (χ0n) is 13.0. The highest BCUT2D eigenvalue weighted by molar-refractivity contribution is 5.94. The van der Waals surface area contributed by atoms with Crippen LogP contribution in [0.5, 0.6) is 0 Å². The molecule has 11 heteroatoms. The number of alkyl halides is 6. The van der Waals surface area contributed by atoms with Crippen LogP contribution in [0.15, 0.2) is 49.1 Å². The maximum absolute atomic E-state index is 13.5. The maximum atomic E-state index is 13.5. The van der Waals surface area contributed by atoms with Crippen LogP contribution in [0.25, 0.3) is 0 Å². The van der Waals surface area contributed by atoms with E-state index in [-0.39, 0.29) is 10.9 Å². The number of carbonyl (C=O) groups excluding carboxylic acids is 1. The molecule has 0 atom stereocenters. The second kappa shape index (κ2) is 7.28. The smallest absolute Gasteiger partial charge is 0.305 e. The van der Waals surface area contributed by atoms with Gasteiger partial charge in [-0.25, -0.2) is 0 Å². The van der Waals surface area contributed by atoms with E-state index in [9.17, 15) is 31.1 Å². The molecule has 0 saturated heterocycles. The van der Waals surface area contributed by atoms with Crippen molar-refractivity contribution in [3.05, 3.63) is 60.2 Å². The van der Waals surface area contributed by atoms with Gasteiger partial charge in [-0.05, 0) is 18.2 Å². The van der Waals surface area contributed by atoms with Crippen molar-refractivity contribution in [3.63, 3.8) is 0 Å². The van der Waals surface area contributed by atoms with Gasteiger partial charge in [-0.1, -0.05) is 6.07 Å². The summed E-state index contributed by atoms with van der Waals surface area (Å²) in [6.07, 6.45) is -7.07. The van der Waals surface area contributed by atoms with E-state index in [1.165, 1.54) is 30.6 Å². The first-order valence-electron chi connectivity index (χ1n) is 7.16. The summed E-state index contributed by atoms with van der Waals surface area (Å²) in [7, 11) is 0. The summed E-state index contributed by atoms with van der Waals surface area (Å²) in [6, 6.07) is 4.97. The van der Waals surface area contributed by atoms with Crippen molar-refractivity contribution in [2.24, 2.45) is 0 Å². The van der Waals surface area contributed by atoms with Gasteiger partial charge in [0.2, 0.25) is 0 Å². The number of rotatable bonds is 5. The van der Waals surface area contributed by atoms with E-state index in [2.05, 4.69) is 9.97 Å². The lowest BCUT2D eigenvalue weighted by Crippen LogP contribution is -3.07. The number of nitrogens with one attached hydrogen (secondary N) is 1. The van der Waals surface area contributed by atoms with Crippen molar-refractivity contribution < 1.29 is 36.5 Å². The Kier molecular flexibility index (Phi) is 5.50. The number of nitrogens with two attached hydrogens (primary N) is 1. The maximum Gasteiger partial charge on any atom is 0.475 e. The summed E-state index contributed by atoms with van der Waals surface area (Å²) in [6.45, 7) is -0.708. The molecule has 0 unspecified atom stereocenters. The van der Waals surface area contributed by atoms with E-state index in [1.807, 2.05) is 0 Å². The molecule has 3 N–H and O–H groups in total. The summed E-state index contributed by atoms with van der Waals surface area (Å²) in [5.74, 6) is -1.55. The van der Waals surface area contributed by atoms with Crippen LogP contribution < -0.4 is 10.6 Å². The third-order valence-electron chi connectivity index (χ3n) is 3.50. The van der Waals surface area contributed by atoms with Gasteiger partial charge in [-0.15, -0.1) is 0 Å². The lowest BCUT2D eigenvalue weighted by Gasteiger charge is -2.34. The van der Waals surface area contributed by atoms with E-state index in [4.69, 9.17) is 0 Å². The predicted molar refractivity (Wildman–Crippen MR) is 76.4 cm³/mol. The van der Waals surface area contributed by atoms with Crippen LogP contribution in [0.1, 0.15) is 15.9 Å². The number of amides is 1. The number of quaternary nitrogens is 1. The summed E-state index contributed by atoms with van der Waals surface area (Å²) in [4.78, 5) is 19.1. The molecule has 0 spiro atoms. The first-order chi connectivity index (χ1) is 12.1. The molecule has 0 fully saturated rings. The lowest BCUT2D eigenvalue weighted by atomic mass is 10.1. The Morgan fingerprint density at radius 1 is 0.962 bits per heavy atom. The van der Waals surface area contributed by atoms with Crippen molar-refractivity contribution in [2.45, 2.75) is 24.6 Å². The van der Waals surface area contributed by atoms with Gasteiger partial charge in [-0.2, -0.15) is 26.3 Å². The molecule has 26 heavy (non-hydrogen) atoms. The first kappa shape index (κ1) is 19.6. The molecule has 0 aliphatic heterocycles. The number of aromatic nitrogens is 2. The number of nitrogens with zero attached hydrogens (tertiary/aromatic N) is 2. The van der Waals surface area contributed by atoms with Crippen LogP contribution in [-0.4, -0.2) is 33.9 Å². The van der Waals surface area contributed by atoms with Crippen molar-refractivity contribution in [3.8, 4) is 0 Å². The Hall–Kier alpha value is -2.69. The second-order valence-corrected chi connectivity index (χ2v) is 5.27. The SMILES string of the molecule is O=C(NC([NH2+]Cc1cccnc1)(C(F)(F)F)C(F)(F)F)c1cccnc1. The largest absolute Gasteiger partial charge is 0.475 e. The Morgan fingerprint density at radius 2 is 1.54 bits per heavy atom. The van der Waals surface area contributed by atoms with E-state index in [0.717, 1.165) is 23.8 Å². The van der Waals surface area contributed by atoms with E-state index >= 15 is 0 Å². The van der Waals surface area contributed by atoms with Gasteiger partial charge < -0.3 is 5.32 Å². The molecule has 2 rings (SSSR count). The van der Waals surface area contributed by atoms with Gasteiger partial charge in [-0.3, -0.25) is 20.1 Å².